The number of amides is 2. The van der Waals surface area contributed by atoms with Crippen molar-refractivity contribution in [3.8, 4) is 0 Å². The maximum atomic E-state index is 15.0. The molecule has 2 aliphatic heterocycles. The number of aliphatic hydroxyl groups excluding tert-OH is 4. The molecule has 0 spiro atoms. The molecule has 27 nitrogen and oxygen atoms in total. The van der Waals surface area contributed by atoms with Crippen LogP contribution in [0.4, 0.5) is 0 Å². The van der Waals surface area contributed by atoms with E-state index >= 15 is 4.79 Å². The van der Waals surface area contributed by atoms with Crippen LogP contribution in [-0.2, 0) is 80.1 Å². The highest BCUT2D eigenvalue weighted by Crippen LogP contribution is 2.44. The second-order valence-corrected chi connectivity index (χ2v) is 37.2. The van der Waals surface area contributed by atoms with Gasteiger partial charge in [-0.2, -0.15) is 0 Å². The van der Waals surface area contributed by atoms with Gasteiger partial charge in [0.2, 0.25) is 11.8 Å². The van der Waals surface area contributed by atoms with E-state index in [1.807, 2.05) is 0 Å². The molecule has 0 saturated carbocycles. The van der Waals surface area contributed by atoms with Crippen LogP contribution in [0.1, 0.15) is 452 Å². The van der Waals surface area contributed by atoms with Crippen LogP contribution in [0.3, 0.4) is 0 Å². The maximum Gasteiger partial charge on any atom is 0.472 e. The van der Waals surface area contributed by atoms with Gasteiger partial charge in [0, 0.05) is 12.8 Å². The smallest absolute Gasteiger partial charge is 0.462 e. The first-order valence-electron chi connectivity index (χ1n) is 48.7. The SMILES string of the molecule is CCCCCCCCCCCC(=O)O[C@H](CCCCCCCCCCC)CC(=O)NC1C(OC(=O)C[C@H](O)CCCCCCCCCCC)[C@H](O)C(CO[C@@H]2OC(CO)[C@@H](OP(=O)(O)O)C(OC(=O)C[C@H](O)CCCCCCCCCCC)C2NC(=O)C[C@@H](CCCCCCCCCCC)OC(=O)CCCCCCCCCCC)O[C@@H]1OP(=O)(O)O. The standard InChI is InChI=1S/C92H174N2O25P2/c1-7-13-19-25-31-37-43-49-55-61-73(96)67-83(102)116-89-85(93-79(98)69-75(63-57-51-45-39-33-27-21-15-9-3)112-81(100)65-59-53-47-41-35-29-23-17-11-5)92(119-121(108,109)110)115-78(87(89)104)72-111-91-86(90(88(77(71-95)114-91)118-120(105,106)107)117-84(103)68-74(97)62-56-50-44-38-32-26-20-14-8-2)94-80(99)70-76(64-58-52-46-40-34-28-22-16-10-4)113-82(101)66-60-54-48-42-36-30-24-18-12-6/h73-78,85-92,95-97,104H,7-72H2,1-6H3,(H,93,98)(H,94,99)(H2,105,106,107)(H2,108,109,110)/t73-,74-,75-,76-,77?,78?,85?,86?,87-,88-,89?,90?,91-,92-/m1/s1. The minimum Gasteiger partial charge on any atom is -0.462 e. The van der Waals surface area contributed by atoms with E-state index in [1.54, 1.807) is 0 Å². The van der Waals surface area contributed by atoms with E-state index in [9.17, 15) is 73.1 Å². The Bertz CT molecular complexity index is 2680. The molecule has 2 fully saturated rings. The van der Waals surface area contributed by atoms with E-state index in [0.717, 1.165) is 263 Å². The number of aliphatic hydroxyl groups is 4. The third-order valence-corrected chi connectivity index (χ3v) is 24.4. The van der Waals surface area contributed by atoms with Gasteiger partial charge in [0.25, 0.3) is 0 Å². The van der Waals surface area contributed by atoms with Crippen LogP contribution < -0.4 is 10.6 Å². The van der Waals surface area contributed by atoms with Crippen LogP contribution >= 0.6 is 15.6 Å². The van der Waals surface area contributed by atoms with E-state index in [1.165, 1.54) is 44.9 Å². The van der Waals surface area contributed by atoms with Gasteiger partial charge < -0.3 is 83.8 Å². The van der Waals surface area contributed by atoms with Crippen LogP contribution in [0.15, 0.2) is 0 Å². The molecule has 0 aromatic carbocycles. The summed E-state index contributed by atoms with van der Waals surface area (Å²) >= 11 is 0. The van der Waals surface area contributed by atoms with Crippen molar-refractivity contribution in [2.75, 3.05) is 13.2 Å². The zero-order valence-electron chi connectivity index (χ0n) is 76.2. The minimum absolute atomic E-state index is 0.0885. The summed E-state index contributed by atoms with van der Waals surface area (Å²) in [5, 5.41) is 51.8. The summed E-state index contributed by atoms with van der Waals surface area (Å²) < 4.78 is 79.8. The van der Waals surface area contributed by atoms with Crippen molar-refractivity contribution < 1.29 is 120 Å². The van der Waals surface area contributed by atoms with Gasteiger partial charge in [-0.15, -0.1) is 0 Å². The Kier molecular flexibility index (Phi) is 69.3. The normalized spacial score (nSPS) is 20.5. The van der Waals surface area contributed by atoms with Crippen LogP contribution in [0.5, 0.6) is 0 Å². The minimum atomic E-state index is -5.71. The second-order valence-electron chi connectivity index (χ2n) is 34.8. The zero-order chi connectivity index (χ0) is 89.0. The molecule has 2 aliphatic rings. The molecule has 14 atom stereocenters. The van der Waals surface area contributed by atoms with Crippen LogP contribution in [0.2, 0.25) is 0 Å². The Morgan fingerprint density at radius 2 is 0.620 bits per heavy atom. The monoisotopic (exact) mass is 1770 g/mol. The molecule has 0 bridgehead atoms. The van der Waals surface area contributed by atoms with Crippen molar-refractivity contribution in [3.05, 3.63) is 0 Å². The Balaban J connectivity index is 2.81. The number of rotatable bonds is 82. The summed E-state index contributed by atoms with van der Waals surface area (Å²) in [6.45, 7) is 10.9. The predicted octanol–water partition coefficient (Wildman–Crippen LogP) is 19.8. The lowest BCUT2D eigenvalue weighted by Crippen LogP contribution is -2.68. The van der Waals surface area contributed by atoms with Crippen molar-refractivity contribution in [3.63, 3.8) is 0 Å². The number of hydrogen-bond donors (Lipinski definition) is 10. The molecule has 0 radical (unpaired) electrons. The molecule has 6 unspecified atom stereocenters. The van der Waals surface area contributed by atoms with E-state index in [-0.39, 0.29) is 38.5 Å². The number of phosphoric acid groups is 2. The number of carbonyl (C=O) groups excluding carboxylic acids is 6. The summed E-state index contributed by atoms with van der Waals surface area (Å²) in [5.41, 5.74) is 0. The first-order chi connectivity index (χ1) is 58.3. The van der Waals surface area contributed by atoms with E-state index in [0.29, 0.717) is 38.5 Å². The van der Waals surface area contributed by atoms with Gasteiger partial charge in [-0.1, -0.05) is 363 Å². The molecule has 2 amide bonds. The quantitative estimate of drug-likeness (QED) is 0.0117. The van der Waals surface area contributed by atoms with Crippen molar-refractivity contribution in [1.29, 1.82) is 0 Å². The fourth-order valence-electron chi connectivity index (χ4n) is 16.2. The average Bonchev–Trinajstić information content (AvgIpc) is 0.782. The van der Waals surface area contributed by atoms with Gasteiger partial charge in [0.05, 0.1) is 51.1 Å². The Morgan fingerprint density at radius 3 is 0.934 bits per heavy atom. The number of hydrogen-bond acceptors (Lipinski definition) is 21. The third kappa shape index (κ3) is 60.2. The van der Waals surface area contributed by atoms with Crippen LogP contribution in [0, 0.1) is 0 Å². The molecule has 0 aromatic rings. The van der Waals surface area contributed by atoms with Crippen molar-refractivity contribution in [1.82, 2.24) is 10.6 Å². The summed E-state index contributed by atoms with van der Waals surface area (Å²) in [6, 6.07) is -3.87. The zero-order valence-corrected chi connectivity index (χ0v) is 78.0. The highest BCUT2D eigenvalue weighted by Gasteiger charge is 2.55. The third-order valence-electron chi connectivity index (χ3n) is 23.4. The van der Waals surface area contributed by atoms with Gasteiger partial charge >= 0.3 is 39.5 Å². The Hall–Kier alpha value is -3.24. The van der Waals surface area contributed by atoms with Crippen LogP contribution in [-0.4, -0.2) is 175 Å². The van der Waals surface area contributed by atoms with Crippen molar-refractivity contribution >= 4 is 51.3 Å². The molecule has 121 heavy (non-hydrogen) atoms. The van der Waals surface area contributed by atoms with E-state index < -0.39 is 176 Å². The molecule has 29 heteroatoms. The fraction of sp³-hybridized carbons (Fsp3) is 0.935. The molecule has 2 heterocycles. The lowest BCUT2D eigenvalue weighted by atomic mass is 9.95. The number of esters is 4. The number of nitrogens with one attached hydrogen (secondary N) is 2. The number of phosphoric ester groups is 2. The van der Waals surface area contributed by atoms with Gasteiger partial charge in [0.1, 0.15) is 48.7 Å². The maximum absolute atomic E-state index is 15.0. The lowest BCUT2D eigenvalue weighted by molar-refractivity contribution is -0.296. The number of ether oxygens (including phenoxy) is 7. The van der Waals surface area contributed by atoms with Crippen molar-refractivity contribution in [2.45, 2.75) is 538 Å². The second kappa shape index (κ2) is 73.6. The van der Waals surface area contributed by atoms with E-state index in [2.05, 4.69) is 52.2 Å². The Morgan fingerprint density at radius 1 is 0.339 bits per heavy atom. The molecule has 712 valence electrons. The number of unbranched alkanes of at least 4 members (excludes halogenated alkanes) is 48. The summed E-state index contributed by atoms with van der Waals surface area (Å²) in [7, 11) is -11.4. The lowest BCUT2D eigenvalue weighted by Gasteiger charge is -2.47. The summed E-state index contributed by atoms with van der Waals surface area (Å²) in [4.78, 5) is 128. The predicted molar refractivity (Wildman–Crippen MR) is 471 cm³/mol. The van der Waals surface area contributed by atoms with Gasteiger partial charge in [-0.3, -0.25) is 37.8 Å². The topological polar surface area (TPSA) is 406 Å². The molecular formula is C92H174N2O25P2. The first kappa shape index (κ1) is 114. The van der Waals surface area contributed by atoms with Gasteiger partial charge in [0.15, 0.2) is 24.8 Å². The first-order valence-corrected chi connectivity index (χ1v) is 51.8. The summed E-state index contributed by atoms with van der Waals surface area (Å²) in [5.74, 6) is -5.02. The molecule has 0 aromatic heterocycles. The highest BCUT2D eigenvalue weighted by atomic mass is 31.2. The summed E-state index contributed by atoms with van der Waals surface area (Å²) in [6.07, 6.45) is 31.6. The highest BCUT2D eigenvalue weighted by molar-refractivity contribution is 7.46. The van der Waals surface area contributed by atoms with Crippen molar-refractivity contribution in [2.24, 2.45) is 0 Å². The molecule has 2 rings (SSSR count). The number of carbonyl (C=O) groups is 6. The Labute approximate surface area is 729 Å². The molecule has 2 saturated heterocycles. The molecule has 10 N–H and O–H groups in total. The van der Waals surface area contributed by atoms with Crippen LogP contribution in [0.25, 0.3) is 0 Å². The largest absolute Gasteiger partial charge is 0.472 e. The van der Waals surface area contributed by atoms with Gasteiger partial charge in [-0.25, -0.2) is 9.13 Å². The average molecular weight is 1770 g/mol. The van der Waals surface area contributed by atoms with Gasteiger partial charge in [-0.05, 0) is 51.4 Å². The van der Waals surface area contributed by atoms with E-state index in [4.69, 9.17) is 42.2 Å². The molecular weight excluding hydrogens is 1590 g/mol. The fourth-order valence-corrected chi connectivity index (χ4v) is 17.3. The molecule has 0 aliphatic carbocycles.